The Morgan fingerprint density at radius 2 is 2.33 bits per heavy atom. The molecule has 0 amide bonds. The summed E-state index contributed by atoms with van der Waals surface area (Å²) in [6.45, 7) is 1.98. The molecule has 0 atom stereocenters. The van der Waals surface area contributed by atoms with Crippen LogP contribution in [0.25, 0.3) is 0 Å². The molecule has 0 aromatic carbocycles. The largest absolute Gasteiger partial charge is 0.384 e. The highest BCUT2D eigenvalue weighted by Gasteiger charge is 2.25. The summed E-state index contributed by atoms with van der Waals surface area (Å²) in [5.74, 6) is 1.43. The molecule has 0 spiro atoms. The lowest BCUT2D eigenvalue weighted by Gasteiger charge is -2.15. The maximum absolute atomic E-state index is 5.59. The van der Waals surface area contributed by atoms with E-state index < -0.39 is 0 Å². The molecule has 15 heavy (non-hydrogen) atoms. The summed E-state index contributed by atoms with van der Waals surface area (Å²) in [6, 6.07) is 6.46. The van der Waals surface area contributed by atoms with E-state index in [1.54, 1.807) is 6.07 Å². The van der Waals surface area contributed by atoms with Crippen molar-refractivity contribution in [2.45, 2.75) is 18.9 Å². The van der Waals surface area contributed by atoms with Crippen LogP contribution in [-0.2, 0) is 0 Å². The van der Waals surface area contributed by atoms with E-state index in [1.807, 2.05) is 12.1 Å². The fourth-order valence-electron chi connectivity index (χ4n) is 1.61. The van der Waals surface area contributed by atoms with Crippen LogP contribution >= 0.6 is 0 Å². The van der Waals surface area contributed by atoms with E-state index in [0.29, 0.717) is 5.82 Å². The Bertz CT molecular complexity index is 322. The number of anilines is 2. The molecule has 0 bridgehead atoms. The van der Waals surface area contributed by atoms with Gasteiger partial charge in [0, 0.05) is 19.1 Å². The van der Waals surface area contributed by atoms with Gasteiger partial charge in [-0.3, -0.25) is 0 Å². The van der Waals surface area contributed by atoms with Crippen LogP contribution in [0.3, 0.4) is 0 Å². The van der Waals surface area contributed by atoms with Gasteiger partial charge in [-0.25, -0.2) is 4.98 Å². The second kappa shape index (κ2) is 4.49. The predicted octanol–water partition coefficient (Wildman–Crippen LogP) is 1.17. The van der Waals surface area contributed by atoms with Crippen LogP contribution in [0, 0.1) is 0 Å². The minimum atomic E-state index is 0.565. The molecule has 1 aliphatic carbocycles. The third-order valence-corrected chi connectivity index (χ3v) is 2.71. The number of nitrogens with one attached hydrogen (secondary N) is 1. The van der Waals surface area contributed by atoms with Crippen molar-refractivity contribution in [3.63, 3.8) is 0 Å². The van der Waals surface area contributed by atoms with Crippen molar-refractivity contribution < 1.29 is 0 Å². The highest BCUT2D eigenvalue weighted by atomic mass is 15.2. The lowest BCUT2D eigenvalue weighted by Crippen LogP contribution is -2.27. The average molecular weight is 206 g/mol. The van der Waals surface area contributed by atoms with Gasteiger partial charge in [0.25, 0.3) is 0 Å². The number of aromatic nitrogens is 1. The van der Waals surface area contributed by atoms with E-state index in [-0.39, 0.29) is 0 Å². The highest BCUT2D eigenvalue weighted by Crippen LogP contribution is 2.24. The number of hydrogen-bond donors (Lipinski definition) is 2. The molecule has 1 saturated carbocycles. The minimum absolute atomic E-state index is 0.565. The Hall–Kier alpha value is -1.29. The van der Waals surface area contributed by atoms with Gasteiger partial charge in [0.2, 0.25) is 0 Å². The van der Waals surface area contributed by atoms with E-state index in [0.717, 1.165) is 24.9 Å². The molecule has 1 fully saturated rings. The zero-order valence-electron chi connectivity index (χ0n) is 9.11. The summed E-state index contributed by atoms with van der Waals surface area (Å²) in [5.41, 5.74) is 5.59. The molecule has 4 heteroatoms. The fourth-order valence-corrected chi connectivity index (χ4v) is 1.61. The molecule has 2 rings (SSSR count). The molecule has 1 heterocycles. The van der Waals surface area contributed by atoms with E-state index >= 15 is 0 Å². The van der Waals surface area contributed by atoms with Gasteiger partial charge in [-0.15, -0.1) is 0 Å². The zero-order chi connectivity index (χ0) is 10.7. The fraction of sp³-hybridized carbons (Fsp3) is 0.545. The van der Waals surface area contributed by atoms with Crippen molar-refractivity contribution in [2.75, 3.05) is 31.2 Å². The van der Waals surface area contributed by atoms with Crippen molar-refractivity contribution in [3.05, 3.63) is 18.2 Å². The summed E-state index contributed by atoms with van der Waals surface area (Å²) in [4.78, 5) is 6.57. The first-order valence-corrected chi connectivity index (χ1v) is 5.42. The van der Waals surface area contributed by atoms with Crippen LogP contribution in [-0.4, -0.2) is 36.1 Å². The summed E-state index contributed by atoms with van der Waals surface area (Å²) >= 11 is 0. The summed E-state index contributed by atoms with van der Waals surface area (Å²) in [6.07, 6.45) is 2.71. The molecule has 0 radical (unpaired) electrons. The predicted molar refractivity (Wildman–Crippen MR) is 62.8 cm³/mol. The van der Waals surface area contributed by atoms with Crippen LogP contribution < -0.4 is 11.1 Å². The standard InChI is InChI=1S/C11H18N4/c1-15(9-5-6-9)8-7-13-11-4-2-3-10(12)14-11/h2-4,9H,5-8H2,1H3,(H3,12,13,14). The van der Waals surface area contributed by atoms with Crippen LogP contribution in [0.2, 0.25) is 0 Å². The monoisotopic (exact) mass is 206 g/mol. The van der Waals surface area contributed by atoms with Gasteiger partial charge in [0.05, 0.1) is 0 Å². The Morgan fingerprint density at radius 1 is 1.53 bits per heavy atom. The SMILES string of the molecule is CN(CCNc1cccc(N)n1)C1CC1. The highest BCUT2D eigenvalue weighted by molar-refractivity contribution is 5.42. The third kappa shape index (κ3) is 3.09. The molecule has 82 valence electrons. The first kappa shape index (κ1) is 10.2. The van der Waals surface area contributed by atoms with Crippen molar-refractivity contribution in [1.29, 1.82) is 0 Å². The molecule has 1 aromatic rings. The number of nitrogens with two attached hydrogens (primary N) is 1. The summed E-state index contributed by atoms with van der Waals surface area (Å²) in [5, 5.41) is 3.27. The Kier molecular flexibility index (Phi) is 3.06. The maximum Gasteiger partial charge on any atom is 0.128 e. The van der Waals surface area contributed by atoms with Crippen LogP contribution in [0.4, 0.5) is 11.6 Å². The Morgan fingerprint density at radius 3 is 3.00 bits per heavy atom. The number of hydrogen-bond acceptors (Lipinski definition) is 4. The first-order chi connectivity index (χ1) is 7.25. The molecule has 0 aliphatic heterocycles. The smallest absolute Gasteiger partial charge is 0.128 e. The molecule has 0 unspecified atom stereocenters. The molecular formula is C11H18N4. The van der Waals surface area contributed by atoms with Gasteiger partial charge in [0.1, 0.15) is 11.6 Å². The number of likely N-dealkylation sites (N-methyl/N-ethyl adjacent to an activating group) is 1. The summed E-state index contributed by atoms with van der Waals surface area (Å²) < 4.78 is 0. The maximum atomic E-state index is 5.59. The van der Waals surface area contributed by atoms with Crippen molar-refractivity contribution in [2.24, 2.45) is 0 Å². The van der Waals surface area contributed by atoms with E-state index in [9.17, 15) is 0 Å². The minimum Gasteiger partial charge on any atom is -0.384 e. The van der Waals surface area contributed by atoms with Gasteiger partial charge >= 0.3 is 0 Å². The first-order valence-electron chi connectivity index (χ1n) is 5.42. The van der Waals surface area contributed by atoms with Gasteiger partial charge < -0.3 is 16.0 Å². The van der Waals surface area contributed by atoms with Crippen LogP contribution in [0.15, 0.2) is 18.2 Å². The normalized spacial score (nSPS) is 15.6. The van der Waals surface area contributed by atoms with Gasteiger partial charge in [-0.1, -0.05) is 6.07 Å². The number of pyridine rings is 1. The summed E-state index contributed by atoms with van der Waals surface area (Å²) in [7, 11) is 2.17. The van der Waals surface area contributed by atoms with E-state index in [4.69, 9.17) is 5.73 Å². The lowest BCUT2D eigenvalue weighted by atomic mass is 10.4. The van der Waals surface area contributed by atoms with E-state index in [2.05, 4.69) is 22.2 Å². The van der Waals surface area contributed by atoms with Crippen molar-refractivity contribution in [1.82, 2.24) is 9.88 Å². The second-order valence-electron chi connectivity index (χ2n) is 4.09. The Balaban J connectivity index is 1.73. The molecular weight excluding hydrogens is 188 g/mol. The van der Waals surface area contributed by atoms with Crippen molar-refractivity contribution in [3.8, 4) is 0 Å². The molecule has 4 nitrogen and oxygen atoms in total. The lowest BCUT2D eigenvalue weighted by molar-refractivity contribution is 0.337. The quantitative estimate of drug-likeness (QED) is 0.759. The average Bonchev–Trinajstić information content (AvgIpc) is 3.00. The van der Waals surface area contributed by atoms with Crippen molar-refractivity contribution >= 4 is 11.6 Å². The van der Waals surface area contributed by atoms with Crippen LogP contribution in [0.5, 0.6) is 0 Å². The topological polar surface area (TPSA) is 54.2 Å². The molecule has 1 aromatic heterocycles. The van der Waals surface area contributed by atoms with Gasteiger partial charge in [0.15, 0.2) is 0 Å². The number of rotatable bonds is 5. The molecule has 0 saturated heterocycles. The second-order valence-corrected chi connectivity index (χ2v) is 4.09. The zero-order valence-corrected chi connectivity index (χ0v) is 9.11. The molecule has 3 N–H and O–H groups in total. The number of nitrogen functional groups attached to an aromatic ring is 1. The number of nitrogens with zero attached hydrogens (tertiary/aromatic N) is 2. The van der Waals surface area contributed by atoms with Gasteiger partial charge in [-0.2, -0.15) is 0 Å². The van der Waals surface area contributed by atoms with E-state index in [1.165, 1.54) is 12.8 Å². The van der Waals surface area contributed by atoms with Gasteiger partial charge in [-0.05, 0) is 32.0 Å². The molecule has 1 aliphatic rings. The van der Waals surface area contributed by atoms with Crippen LogP contribution in [0.1, 0.15) is 12.8 Å². The Labute approximate surface area is 90.5 Å². The third-order valence-electron chi connectivity index (χ3n) is 2.71.